The van der Waals surface area contributed by atoms with E-state index in [9.17, 15) is 14.7 Å². The Morgan fingerprint density at radius 3 is 2.68 bits per heavy atom. The van der Waals surface area contributed by atoms with Gasteiger partial charge in [0.2, 0.25) is 5.91 Å². The molecule has 2 unspecified atom stereocenters. The standard InChI is InChI=1S/C12H17N3O3S/c1-6-9(12(17)18)11(19-14-6)15(2)10(16)7-4-3-5-8(7)13/h7-8H,3-5,13H2,1-2H3,(H,17,18). The number of hydrogen-bond acceptors (Lipinski definition) is 5. The Morgan fingerprint density at radius 1 is 1.47 bits per heavy atom. The lowest BCUT2D eigenvalue weighted by Gasteiger charge is -2.22. The van der Waals surface area contributed by atoms with Crippen LogP contribution in [0.25, 0.3) is 0 Å². The second kappa shape index (κ2) is 5.26. The Labute approximate surface area is 115 Å². The first-order valence-corrected chi connectivity index (χ1v) is 6.93. The lowest BCUT2D eigenvalue weighted by molar-refractivity contribution is -0.122. The van der Waals surface area contributed by atoms with E-state index in [2.05, 4.69) is 4.37 Å². The van der Waals surface area contributed by atoms with E-state index >= 15 is 0 Å². The molecule has 1 aliphatic rings. The fraction of sp³-hybridized carbons (Fsp3) is 0.583. The molecule has 7 heteroatoms. The molecule has 0 aromatic carbocycles. The van der Waals surface area contributed by atoms with Crippen molar-refractivity contribution in [3.63, 3.8) is 0 Å². The number of anilines is 1. The maximum absolute atomic E-state index is 12.4. The maximum Gasteiger partial charge on any atom is 0.340 e. The van der Waals surface area contributed by atoms with E-state index in [-0.39, 0.29) is 23.4 Å². The number of hydrogen-bond donors (Lipinski definition) is 2. The Bertz CT molecular complexity index is 514. The summed E-state index contributed by atoms with van der Waals surface area (Å²) < 4.78 is 4.02. The Hall–Kier alpha value is -1.47. The molecule has 6 nitrogen and oxygen atoms in total. The van der Waals surface area contributed by atoms with Crippen LogP contribution in [0.4, 0.5) is 5.00 Å². The Morgan fingerprint density at radius 2 is 2.16 bits per heavy atom. The fourth-order valence-corrected chi connectivity index (χ4v) is 3.33. The van der Waals surface area contributed by atoms with Crippen molar-refractivity contribution >= 4 is 28.4 Å². The molecule has 0 radical (unpaired) electrons. The highest BCUT2D eigenvalue weighted by Crippen LogP contribution is 2.32. The van der Waals surface area contributed by atoms with Gasteiger partial charge in [0.05, 0.1) is 11.6 Å². The zero-order valence-electron chi connectivity index (χ0n) is 10.9. The molecule has 0 saturated heterocycles. The van der Waals surface area contributed by atoms with Crippen molar-refractivity contribution in [2.24, 2.45) is 11.7 Å². The molecule has 2 atom stereocenters. The molecule has 104 valence electrons. The van der Waals surface area contributed by atoms with Crippen molar-refractivity contribution in [2.45, 2.75) is 32.2 Å². The molecule has 1 aromatic rings. The van der Waals surface area contributed by atoms with Gasteiger partial charge in [-0.15, -0.1) is 0 Å². The van der Waals surface area contributed by atoms with Crippen LogP contribution in [0.5, 0.6) is 0 Å². The molecule has 3 N–H and O–H groups in total. The monoisotopic (exact) mass is 283 g/mol. The van der Waals surface area contributed by atoms with E-state index in [1.165, 1.54) is 4.90 Å². The summed E-state index contributed by atoms with van der Waals surface area (Å²) in [5.74, 6) is -1.39. The van der Waals surface area contributed by atoms with Crippen molar-refractivity contribution in [3.05, 3.63) is 11.3 Å². The van der Waals surface area contributed by atoms with Gasteiger partial charge < -0.3 is 15.7 Å². The van der Waals surface area contributed by atoms with Crippen LogP contribution in [0.3, 0.4) is 0 Å². The molecule has 1 aromatic heterocycles. The molecule has 1 saturated carbocycles. The van der Waals surface area contributed by atoms with Gasteiger partial charge in [-0.1, -0.05) is 6.42 Å². The summed E-state index contributed by atoms with van der Waals surface area (Å²) in [6.45, 7) is 1.63. The van der Waals surface area contributed by atoms with Gasteiger partial charge in [-0.25, -0.2) is 4.79 Å². The van der Waals surface area contributed by atoms with Crippen LogP contribution in [-0.2, 0) is 4.79 Å². The third-order valence-electron chi connectivity index (χ3n) is 3.58. The predicted molar refractivity (Wildman–Crippen MR) is 72.5 cm³/mol. The van der Waals surface area contributed by atoms with Crippen molar-refractivity contribution < 1.29 is 14.7 Å². The van der Waals surface area contributed by atoms with Gasteiger partial charge in [-0.3, -0.25) is 4.79 Å². The minimum absolute atomic E-state index is 0.104. The molecule has 0 bridgehead atoms. The molecule has 0 aliphatic heterocycles. The van der Waals surface area contributed by atoms with Crippen molar-refractivity contribution in [3.8, 4) is 0 Å². The lowest BCUT2D eigenvalue weighted by atomic mass is 10.0. The van der Waals surface area contributed by atoms with Crippen LogP contribution in [0, 0.1) is 12.8 Å². The first-order chi connectivity index (χ1) is 8.93. The summed E-state index contributed by atoms with van der Waals surface area (Å²) in [6.07, 6.45) is 2.56. The van der Waals surface area contributed by atoms with Crippen molar-refractivity contribution in [1.29, 1.82) is 0 Å². The quantitative estimate of drug-likeness (QED) is 0.870. The second-order valence-electron chi connectivity index (χ2n) is 4.85. The number of carbonyl (C=O) groups excluding carboxylic acids is 1. The van der Waals surface area contributed by atoms with Gasteiger partial charge in [0.25, 0.3) is 0 Å². The topological polar surface area (TPSA) is 96.5 Å². The van der Waals surface area contributed by atoms with E-state index in [1.807, 2.05) is 0 Å². The number of amides is 1. The summed E-state index contributed by atoms with van der Waals surface area (Å²) in [6, 6.07) is -0.128. The van der Waals surface area contributed by atoms with Gasteiger partial charge >= 0.3 is 5.97 Å². The number of carboxylic acids is 1. The summed E-state index contributed by atoms with van der Waals surface area (Å²) in [4.78, 5) is 25.0. The normalized spacial score (nSPS) is 22.5. The van der Waals surface area contributed by atoms with Crippen LogP contribution >= 0.6 is 11.5 Å². The maximum atomic E-state index is 12.4. The molecular weight excluding hydrogens is 266 g/mol. The largest absolute Gasteiger partial charge is 0.478 e. The number of aromatic nitrogens is 1. The van der Waals surface area contributed by atoms with Gasteiger partial charge in [0, 0.05) is 13.1 Å². The van der Waals surface area contributed by atoms with Gasteiger partial charge in [0.1, 0.15) is 10.6 Å². The summed E-state index contributed by atoms with van der Waals surface area (Å²) >= 11 is 1.03. The Kier molecular flexibility index (Phi) is 3.86. The number of aromatic carboxylic acids is 1. The minimum atomic E-state index is -1.06. The SMILES string of the molecule is Cc1nsc(N(C)C(=O)C2CCCC2N)c1C(=O)O. The highest BCUT2D eigenvalue weighted by Gasteiger charge is 2.34. The third kappa shape index (κ3) is 2.48. The average molecular weight is 283 g/mol. The van der Waals surface area contributed by atoms with Crippen LogP contribution in [0.15, 0.2) is 0 Å². The molecular formula is C12H17N3O3S. The number of aryl methyl sites for hydroxylation is 1. The van der Waals surface area contributed by atoms with E-state index in [0.29, 0.717) is 10.7 Å². The number of carboxylic acid groups (broad SMARTS) is 1. The molecule has 1 fully saturated rings. The zero-order chi connectivity index (χ0) is 14.2. The van der Waals surface area contributed by atoms with Crippen LogP contribution in [0.1, 0.15) is 35.3 Å². The number of carbonyl (C=O) groups is 2. The number of rotatable bonds is 3. The first kappa shape index (κ1) is 14.0. The molecule has 1 heterocycles. The van der Waals surface area contributed by atoms with E-state index in [1.54, 1.807) is 14.0 Å². The van der Waals surface area contributed by atoms with Gasteiger partial charge in [-0.2, -0.15) is 4.37 Å². The number of nitrogens with zero attached hydrogens (tertiary/aromatic N) is 2. The van der Waals surface area contributed by atoms with Crippen LogP contribution in [-0.4, -0.2) is 34.4 Å². The smallest absolute Gasteiger partial charge is 0.340 e. The van der Waals surface area contributed by atoms with E-state index < -0.39 is 5.97 Å². The predicted octanol–water partition coefficient (Wildman–Crippen LogP) is 1.24. The molecule has 2 rings (SSSR count). The van der Waals surface area contributed by atoms with Gasteiger partial charge in [0.15, 0.2) is 0 Å². The average Bonchev–Trinajstić information content (AvgIpc) is 2.93. The third-order valence-corrected chi connectivity index (χ3v) is 4.60. The van der Waals surface area contributed by atoms with E-state index in [0.717, 1.165) is 30.8 Å². The summed E-state index contributed by atoms with van der Waals surface area (Å²) in [5.41, 5.74) is 6.46. The zero-order valence-corrected chi connectivity index (χ0v) is 11.7. The minimum Gasteiger partial charge on any atom is -0.478 e. The van der Waals surface area contributed by atoms with Crippen molar-refractivity contribution in [2.75, 3.05) is 11.9 Å². The summed E-state index contributed by atoms with van der Waals surface area (Å²) in [7, 11) is 1.59. The molecule has 1 amide bonds. The highest BCUT2D eigenvalue weighted by atomic mass is 32.1. The Balaban J connectivity index is 2.27. The van der Waals surface area contributed by atoms with Crippen LogP contribution in [0.2, 0.25) is 0 Å². The second-order valence-corrected chi connectivity index (χ2v) is 5.60. The highest BCUT2D eigenvalue weighted by molar-refractivity contribution is 7.11. The molecule has 1 aliphatic carbocycles. The number of nitrogens with two attached hydrogens (primary N) is 1. The molecule has 0 spiro atoms. The van der Waals surface area contributed by atoms with Crippen LogP contribution < -0.4 is 10.6 Å². The van der Waals surface area contributed by atoms with E-state index in [4.69, 9.17) is 5.73 Å². The fourth-order valence-electron chi connectivity index (χ4n) is 2.48. The lowest BCUT2D eigenvalue weighted by Crippen LogP contribution is -2.40. The molecule has 19 heavy (non-hydrogen) atoms. The summed E-state index contributed by atoms with van der Waals surface area (Å²) in [5, 5.41) is 9.57. The van der Waals surface area contributed by atoms with Crippen molar-refractivity contribution in [1.82, 2.24) is 4.37 Å². The first-order valence-electron chi connectivity index (χ1n) is 6.16. The van der Waals surface area contributed by atoms with Gasteiger partial charge in [-0.05, 0) is 31.3 Å².